The summed E-state index contributed by atoms with van der Waals surface area (Å²) in [5.41, 5.74) is 4.57. The van der Waals surface area contributed by atoms with E-state index in [2.05, 4.69) is 17.6 Å². The highest BCUT2D eigenvalue weighted by Gasteiger charge is 2.33. The van der Waals surface area contributed by atoms with Crippen LogP contribution in [0.2, 0.25) is 0 Å². The minimum absolute atomic E-state index is 0.00399. The van der Waals surface area contributed by atoms with Gasteiger partial charge < -0.3 is 20.1 Å². The molecule has 0 bridgehead atoms. The number of carbonyl (C=O) groups is 1. The zero-order valence-electron chi connectivity index (χ0n) is 19.0. The molecule has 2 atom stereocenters. The average Bonchev–Trinajstić information content (AvgIpc) is 3.13. The Balaban J connectivity index is 2.26. The third kappa shape index (κ3) is 4.74. The number of hydrogen-bond acceptors (Lipinski definition) is 4. The molecule has 1 amide bonds. The van der Waals surface area contributed by atoms with Gasteiger partial charge in [0.1, 0.15) is 17.7 Å². The van der Waals surface area contributed by atoms with E-state index in [0.717, 1.165) is 23.1 Å². The van der Waals surface area contributed by atoms with Gasteiger partial charge in [0.25, 0.3) is 5.91 Å². The number of hydrogen-bond donors (Lipinski definition) is 2. The van der Waals surface area contributed by atoms with Gasteiger partial charge in [-0.3, -0.25) is 4.79 Å². The molecular weight excluding hydrogens is 395 g/mol. The molecule has 0 spiro atoms. The van der Waals surface area contributed by atoms with E-state index in [0.29, 0.717) is 22.5 Å². The number of ether oxygens (including phenoxy) is 2. The fourth-order valence-corrected chi connectivity index (χ4v) is 4.00. The lowest BCUT2D eigenvalue weighted by molar-refractivity contribution is -0.116. The van der Waals surface area contributed by atoms with Crippen LogP contribution < -0.4 is 10.6 Å². The molecule has 0 aromatic heterocycles. The maximum absolute atomic E-state index is 13.8. The van der Waals surface area contributed by atoms with Crippen molar-refractivity contribution in [3.05, 3.63) is 76.0 Å². The fourth-order valence-electron chi connectivity index (χ4n) is 4.00. The van der Waals surface area contributed by atoms with Gasteiger partial charge in [-0.2, -0.15) is 0 Å². The van der Waals surface area contributed by atoms with Crippen LogP contribution in [0.3, 0.4) is 0 Å². The summed E-state index contributed by atoms with van der Waals surface area (Å²) in [6, 6.07) is 4.33. The van der Waals surface area contributed by atoms with E-state index < -0.39 is 0 Å². The van der Waals surface area contributed by atoms with Gasteiger partial charge in [-0.1, -0.05) is 6.92 Å². The molecule has 1 aromatic carbocycles. The maximum Gasteiger partial charge on any atom is 0.255 e. The van der Waals surface area contributed by atoms with Gasteiger partial charge >= 0.3 is 0 Å². The molecule has 0 aliphatic carbocycles. The van der Waals surface area contributed by atoms with Crippen LogP contribution >= 0.6 is 0 Å². The summed E-state index contributed by atoms with van der Waals surface area (Å²) in [5, 5.41) is 6.12. The predicted molar refractivity (Wildman–Crippen MR) is 120 cm³/mol. The number of fused-ring (bicyclic) bond motifs is 1. The second kappa shape index (κ2) is 9.52. The molecule has 166 valence electrons. The first-order valence-electron chi connectivity index (χ1n) is 10.7. The van der Waals surface area contributed by atoms with Crippen LogP contribution in [0.25, 0.3) is 5.76 Å². The van der Waals surface area contributed by atoms with Crippen LogP contribution in [-0.2, 0) is 14.3 Å². The molecule has 2 aliphatic heterocycles. The van der Waals surface area contributed by atoms with Crippen LogP contribution in [0.4, 0.5) is 4.39 Å². The Morgan fingerprint density at radius 3 is 2.68 bits per heavy atom. The van der Waals surface area contributed by atoms with Gasteiger partial charge in [0, 0.05) is 24.4 Å². The number of likely N-dealkylation sites (N-methyl/N-ethyl adjacent to an activating group) is 1. The normalized spacial score (nSPS) is 26.8. The summed E-state index contributed by atoms with van der Waals surface area (Å²) in [6.07, 6.45) is 6.18. The Hall–Kier alpha value is -2.86. The maximum atomic E-state index is 13.8. The van der Waals surface area contributed by atoms with Crippen molar-refractivity contribution in [1.82, 2.24) is 10.6 Å². The largest absolute Gasteiger partial charge is 0.463 e. The van der Waals surface area contributed by atoms with E-state index in [1.807, 2.05) is 33.0 Å². The molecule has 0 saturated heterocycles. The summed E-state index contributed by atoms with van der Waals surface area (Å²) in [4.78, 5) is 13.0. The SMILES string of the molecule is CCC1=CNC2/C1=C/O/C(c1ccc(F)cc1C)=C(C(=O)NC)\C(C)=C\C2OC(C)C. The molecule has 0 radical (unpaired) electrons. The Morgan fingerprint density at radius 1 is 1.32 bits per heavy atom. The van der Waals surface area contributed by atoms with Crippen molar-refractivity contribution in [2.24, 2.45) is 0 Å². The Labute approximate surface area is 183 Å². The number of rotatable bonds is 5. The highest BCUT2D eigenvalue weighted by molar-refractivity contribution is 6.04. The standard InChI is InChI=1S/C25H31FN2O3/c1-7-17-12-28-23-20(17)13-30-24(19-9-8-18(26)10-15(19)4)22(25(29)27-6)16(5)11-21(23)31-14(2)3/h8-14,21,23,28H,7H2,1-6H3,(H,27,29)/b16-11+,20-13+,24-22+. The molecule has 2 unspecified atom stereocenters. The third-order valence-electron chi connectivity index (χ3n) is 5.51. The third-order valence-corrected chi connectivity index (χ3v) is 5.51. The molecule has 31 heavy (non-hydrogen) atoms. The molecule has 2 heterocycles. The van der Waals surface area contributed by atoms with E-state index >= 15 is 0 Å². The van der Waals surface area contributed by atoms with E-state index in [-0.39, 0.29) is 30.0 Å². The second-order valence-corrected chi connectivity index (χ2v) is 8.10. The lowest BCUT2D eigenvalue weighted by Gasteiger charge is -2.26. The zero-order chi connectivity index (χ0) is 22.7. The molecule has 6 heteroatoms. The van der Waals surface area contributed by atoms with Crippen LogP contribution in [-0.4, -0.2) is 31.2 Å². The van der Waals surface area contributed by atoms with Crippen molar-refractivity contribution in [3.8, 4) is 0 Å². The molecule has 3 rings (SSSR count). The number of amides is 1. The quantitative estimate of drug-likeness (QED) is 0.727. The number of carbonyl (C=O) groups excluding carboxylic acids is 1. The monoisotopic (exact) mass is 426 g/mol. The summed E-state index contributed by atoms with van der Waals surface area (Å²) in [5.74, 6) is -0.219. The topological polar surface area (TPSA) is 59.6 Å². The summed E-state index contributed by atoms with van der Waals surface area (Å²) < 4.78 is 26.2. The van der Waals surface area contributed by atoms with Crippen molar-refractivity contribution in [3.63, 3.8) is 0 Å². The van der Waals surface area contributed by atoms with Gasteiger partial charge in [-0.05, 0) is 75.1 Å². The first kappa shape index (κ1) is 22.8. The highest BCUT2D eigenvalue weighted by atomic mass is 19.1. The molecular formula is C25H31FN2O3. The zero-order valence-corrected chi connectivity index (χ0v) is 19.0. The molecule has 0 fully saturated rings. The molecule has 2 N–H and O–H groups in total. The van der Waals surface area contributed by atoms with Crippen molar-refractivity contribution >= 4 is 11.7 Å². The molecule has 2 aliphatic rings. The molecule has 5 nitrogen and oxygen atoms in total. The minimum Gasteiger partial charge on any atom is -0.463 e. The molecule has 1 aromatic rings. The number of halogens is 1. The van der Waals surface area contributed by atoms with Gasteiger partial charge in [0.2, 0.25) is 0 Å². The number of aryl methyl sites for hydroxylation is 1. The number of benzene rings is 1. The first-order valence-corrected chi connectivity index (χ1v) is 10.7. The fraction of sp³-hybridized carbons (Fsp3) is 0.400. The summed E-state index contributed by atoms with van der Waals surface area (Å²) in [7, 11) is 1.58. The lowest BCUT2D eigenvalue weighted by atomic mass is 9.94. The Kier molecular flexibility index (Phi) is 7.01. The smallest absolute Gasteiger partial charge is 0.255 e. The minimum atomic E-state index is -0.335. The van der Waals surface area contributed by atoms with Crippen molar-refractivity contribution in [1.29, 1.82) is 0 Å². The molecule has 0 saturated carbocycles. The van der Waals surface area contributed by atoms with Gasteiger partial charge in [-0.25, -0.2) is 4.39 Å². The van der Waals surface area contributed by atoms with Gasteiger partial charge in [0.05, 0.1) is 24.0 Å². The summed E-state index contributed by atoms with van der Waals surface area (Å²) in [6.45, 7) is 9.73. The number of nitrogens with one attached hydrogen (secondary N) is 2. The van der Waals surface area contributed by atoms with E-state index in [4.69, 9.17) is 9.47 Å². The first-order chi connectivity index (χ1) is 14.8. The summed E-state index contributed by atoms with van der Waals surface area (Å²) >= 11 is 0. The van der Waals surface area contributed by atoms with Gasteiger partial charge in [-0.15, -0.1) is 0 Å². The van der Waals surface area contributed by atoms with Crippen molar-refractivity contribution in [2.45, 2.75) is 59.3 Å². The second-order valence-electron chi connectivity index (χ2n) is 8.10. The van der Waals surface area contributed by atoms with Crippen LogP contribution in [0, 0.1) is 12.7 Å². The Morgan fingerprint density at radius 2 is 2.06 bits per heavy atom. The van der Waals surface area contributed by atoms with Crippen LogP contribution in [0.5, 0.6) is 0 Å². The van der Waals surface area contributed by atoms with Crippen LogP contribution in [0.15, 0.2) is 59.0 Å². The van der Waals surface area contributed by atoms with Crippen molar-refractivity contribution in [2.75, 3.05) is 7.05 Å². The Bertz CT molecular complexity index is 988. The van der Waals surface area contributed by atoms with E-state index in [1.54, 1.807) is 26.3 Å². The van der Waals surface area contributed by atoms with Gasteiger partial charge in [0.15, 0.2) is 0 Å². The van der Waals surface area contributed by atoms with Crippen LogP contribution in [0.1, 0.15) is 45.2 Å². The predicted octanol–water partition coefficient (Wildman–Crippen LogP) is 4.51. The van der Waals surface area contributed by atoms with E-state index in [1.165, 1.54) is 12.1 Å². The highest BCUT2D eigenvalue weighted by Crippen LogP contribution is 2.35. The van der Waals surface area contributed by atoms with Crippen molar-refractivity contribution < 1.29 is 18.7 Å². The lowest BCUT2D eigenvalue weighted by Crippen LogP contribution is -2.38. The average molecular weight is 427 g/mol. The van der Waals surface area contributed by atoms with E-state index in [9.17, 15) is 9.18 Å².